The van der Waals surface area contributed by atoms with Gasteiger partial charge in [0.1, 0.15) is 5.75 Å². The first kappa shape index (κ1) is 14.3. The maximum absolute atomic E-state index is 8.62. The van der Waals surface area contributed by atoms with Crippen molar-refractivity contribution >= 4 is 5.84 Å². The van der Waals surface area contributed by atoms with Crippen molar-refractivity contribution < 1.29 is 9.94 Å². The van der Waals surface area contributed by atoms with E-state index < -0.39 is 0 Å². The standard InChI is InChI=1S/C13H21N3O2/c1-3-12(13(14)16-17)15-9-8-10-4-6-11(18-2)7-5-10/h4-7,12,15,17H,3,8-9H2,1-2H3,(H2,14,16). The second-order valence-electron chi connectivity index (χ2n) is 4.04. The number of hydrogen-bond acceptors (Lipinski definition) is 4. The minimum atomic E-state index is -0.0757. The molecule has 0 fully saturated rings. The first-order valence-corrected chi connectivity index (χ1v) is 6.05. The van der Waals surface area contributed by atoms with Crippen LogP contribution in [0.5, 0.6) is 5.75 Å². The first-order valence-electron chi connectivity index (χ1n) is 6.05. The molecule has 0 saturated carbocycles. The van der Waals surface area contributed by atoms with Gasteiger partial charge in [-0.1, -0.05) is 24.2 Å². The third-order valence-electron chi connectivity index (χ3n) is 2.84. The van der Waals surface area contributed by atoms with Crippen LogP contribution in [0.15, 0.2) is 29.4 Å². The molecule has 1 rings (SSSR count). The first-order chi connectivity index (χ1) is 8.71. The molecule has 18 heavy (non-hydrogen) atoms. The van der Waals surface area contributed by atoms with Crippen LogP contribution in [-0.2, 0) is 6.42 Å². The van der Waals surface area contributed by atoms with E-state index in [1.807, 2.05) is 31.2 Å². The highest BCUT2D eigenvalue weighted by Gasteiger charge is 2.09. The maximum Gasteiger partial charge on any atom is 0.156 e. The molecule has 4 N–H and O–H groups in total. The number of hydrogen-bond donors (Lipinski definition) is 3. The van der Waals surface area contributed by atoms with Gasteiger partial charge in [0, 0.05) is 0 Å². The number of methoxy groups -OCH3 is 1. The summed E-state index contributed by atoms with van der Waals surface area (Å²) in [4.78, 5) is 0. The highest BCUT2D eigenvalue weighted by molar-refractivity contribution is 5.85. The molecule has 0 aliphatic heterocycles. The Hall–Kier alpha value is -1.75. The maximum atomic E-state index is 8.62. The number of benzene rings is 1. The number of nitrogens with zero attached hydrogens (tertiary/aromatic N) is 1. The fraction of sp³-hybridized carbons (Fsp3) is 0.462. The average molecular weight is 251 g/mol. The molecule has 0 heterocycles. The van der Waals surface area contributed by atoms with Gasteiger partial charge in [-0.3, -0.25) is 0 Å². The lowest BCUT2D eigenvalue weighted by Crippen LogP contribution is -2.41. The molecule has 5 heteroatoms. The van der Waals surface area contributed by atoms with Gasteiger partial charge >= 0.3 is 0 Å². The summed E-state index contributed by atoms with van der Waals surface area (Å²) in [5.41, 5.74) is 6.79. The summed E-state index contributed by atoms with van der Waals surface area (Å²) in [5, 5.41) is 14.9. The molecule has 0 radical (unpaired) electrons. The highest BCUT2D eigenvalue weighted by atomic mass is 16.5. The third-order valence-corrected chi connectivity index (χ3v) is 2.84. The second kappa shape index (κ2) is 7.55. The average Bonchev–Trinajstić information content (AvgIpc) is 2.43. The van der Waals surface area contributed by atoms with Crippen LogP contribution >= 0.6 is 0 Å². The van der Waals surface area contributed by atoms with Crippen LogP contribution in [0.25, 0.3) is 0 Å². The fourth-order valence-electron chi connectivity index (χ4n) is 1.71. The lowest BCUT2D eigenvalue weighted by molar-refractivity contribution is 0.314. The van der Waals surface area contributed by atoms with Crippen molar-refractivity contribution in [1.82, 2.24) is 5.32 Å². The molecule has 0 amide bonds. The number of nitrogens with two attached hydrogens (primary N) is 1. The van der Waals surface area contributed by atoms with Crippen LogP contribution in [0.4, 0.5) is 0 Å². The van der Waals surface area contributed by atoms with Crippen molar-refractivity contribution in [3.05, 3.63) is 29.8 Å². The van der Waals surface area contributed by atoms with Crippen LogP contribution < -0.4 is 15.8 Å². The molecule has 0 spiro atoms. The van der Waals surface area contributed by atoms with Crippen molar-refractivity contribution in [2.24, 2.45) is 10.9 Å². The van der Waals surface area contributed by atoms with E-state index in [1.165, 1.54) is 5.56 Å². The van der Waals surface area contributed by atoms with Gasteiger partial charge in [0.15, 0.2) is 5.84 Å². The molecule has 1 aromatic carbocycles. The van der Waals surface area contributed by atoms with Crippen molar-refractivity contribution in [1.29, 1.82) is 0 Å². The molecule has 1 aromatic rings. The number of oxime groups is 1. The summed E-state index contributed by atoms with van der Waals surface area (Å²) >= 11 is 0. The van der Waals surface area contributed by atoms with Crippen LogP contribution in [0.3, 0.4) is 0 Å². The lowest BCUT2D eigenvalue weighted by Gasteiger charge is -2.15. The van der Waals surface area contributed by atoms with Crippen LogP contribution in [-0.4, -0.2) is 30.7 Å². The van der Waals surface area contributed by atoms with Gasteiger partial charge in [0.2, 0.25) is 0 Å². The Morgan fingerprint density at radius 2 is 2.11 bits per heavy atom. The number of amidine groups is 1. The van der Waals surface area contributed by atoms with Crippen molar-refractivity contribution in [2.75, 3.05) is 13.7 Å². The van der Waals surface area contributed by atoms with Crippen LogP contribution in [0.1, 0.15) is 18.9 Å². The Labute approximate surface area is 108 Å². The SMILES string of the molecule is CCC(NCCc1ccc(OC)cc1)C(N)=NO. The van der Waals surface area contributed by atoms with Gasteiger partial charge in [0.25, 0.3) is 0 Å². The molecule has 0 aliphatic carbocycles. The fourth-order valence-corrected chi connectivity index (χ4v) is 1.71. The van der Waals surface area contributed by atoms with Crippen molar-refractivity contribution in [2.45, 2.75) is 25.8 Å². The van der Waals surface area contributed by atoms with Gasteiger partial charge in [-0.25, -0.2) is 0 Å². The van der Waals surface area contributed by atoms with E-state index in [-0.39, 0.29) is 11.9 Å². The summed E-state index contributed by atoms with van der Waals surface area (Å²) in [6, 6.07) is 7.87. The lowest BCUT2D eigenvalue weighted by atomic mass is 10.1. The smallest absolute Gasteiger partial charge is 0.156 e. The van der Waals surface area contributed by atoms with E-state index in [0.29, 0.717) is 0 Å². The van der Waals surface area contributed by atoms with E-state index in [2.05, 4.69) is 10.5 Å². The molecule has 1 atom stereocenters. The third kappa shape index (κ3) is 4.25. The van der Waals surface area contributed by atoms with E-state index in [9.17, 15) is 0 Å². The highest BCUT2D eigenvalue weighted by Crippen LogP contribution is 2.11. The second-order valence-corrected chi connectivity index (χ2v) is 4.04. The van der Waals surface area contributed by atoms with E-state index in [1.54, 1.807) is 7.11 Å². The van der Waals surface area contributed by atoms with Crippen LogP contribution in [0, 0.1) is 0 Å². The zero-order valence-corrected chi connectivity index (χ0v) is 10.9. The van der Waals surface area contributed by atoms with Gasteiger partial charge in [-0.15, -0.1) is 0 Å². The minimum absolute atomic E-state index is 0.0757. The molecule has 0 saturated heterocycles. The van der Waals surface area contributed by atoms with E-state index >= 15 is 0 Å². The molecular weight excluding hydrogens is 230 g/mol. The Kier molecular flexibility index (Phi) is 6.00. The Balaban J connectivity index is 2.40. The zero-order chi connectivity index (χ0) is 13.4. The molecule has 5 nitrogen and oxygen atoms in total. The van der Waals surface area contributed by atoms with Gasteiger partial charge in [-0.05, 0) is 37.1 Å². The summed E-state index contributed by atoms with van der Waals surface area (Å²) < 4.78 is 5.10. The predicted molar refractivity (Wildman–Crippen MR) is 72.2 cm³/mol. The topological polar surface area (TPSA) is 79.9 Å². The largest absolute Gasteiger partial charge is 0.497 e. The normalized spacial score (nSPS) is 13.3. The quantitative estimate of drug-likeness (QED) is 0.296. The Morgan fingerprint density at radius 1 is 1.44 bits per heavy atom. The molecule has 0 aliphatic rings. The van der Waals surface area contributed by atoms with Gasteiger partial charge < -0.3 is 21.0 Å². The summed E-state index contributed by atoms with van der Waals surface area (Å²) in [6.07, 6.45) is 1.68. The monoisotopic (exact) mass is 251 g/mol. The van der Waals surface area contributed by atoms with E-state index in [0.717, 1.165) is 25.1 Å². The number of ether oxygens (including phenoxy) is 1. The summed E-state index contributed by atoms with van der Waals surface area (Å²) in [6.45, 7) is 2.77. The van der Waals surface area contributed by atoms with Gasteiger partial charge in [-0.2, -0.15) is 0 Å². The van der Waals surface area contributed by atoms with Crippen molar-refractivity contribution in [3.63, 3.8) is 0 Å². The van der Waals surface area contributed by atoms with Gasteiger partial charge in [0.05, 0.1) is 13.2 Å². The molecule has 1 unspecified atom stereocenters. The summed E-state index contributed by atoms with van der Waals surface area (Å²) in [7, 11) is 1.65. The van der Waals surface area contributed by atoms with E-state index in [4.69, 9.17) is 15.7 Å². The van der Waals surface area contributed by atoms with Crippen molar-refractivity contribution in [3.8, 4) is 5.75 Å². The van der Waals surface area contributed by atoms with Crippen LogP contribution in [0.2, 0.25) is 0 Å². The summed E-state index contributed by atoms with van der Waals surface area (Å²) in [5.74, 6) is 1.09. The molecule has 100 valence electrons. The molecule has 0 aromatic heterocycles. The Morgan fingerprint density at radius 3 is 2.61 bits per heavy atom. The predicted octanol–water partition coefficient (Wildman–Crippen LogP) is 1.35. The Bertz CT molecular complexity index is 376. The molecule has 0 bridgehead atoms. The number of nitrogens with one attached hydrogen (secondary N) is 1. The molecular formula is C13H21N3O2. The number of rotatable bonds is 7. The minimum Gasteiger partial charge on any atom is -0.497 e. The zero-order valence-electron chi connectivity index (χ0n) is 10.9.